The number of methoxy groups -OCH3 is 1. The molecule has 2 N–H and O–H groups in total. The van der Waals surface area contributed by atoms with Crippen molar-refractivity contribution in [3.63, 3.8) is 0 Å². The highest BCUT2D eigenvalue weighted by Crippen LogP contribution is 2.26. The summed E-state index contributed by atoms with van der Waals surface area (Å²) in [5.74, 6) is 0.538. The van der Waals surface area contributed by atoms with Gasteiger partial charge < -0.3 is 15.4 Å². The van der Waals surface area contributed by atoms with Gasteiger partial charge in [-0.25, -0.2) is 0 Å². The molecule has 0 fully saturated rings. The van der Waals surface area contributed by atoms with Gasteiger partial charge in [-0.3, -0.25) is 4.79 Å². The number of nitrogens with zero attached hydrogens (tertiary/aromatic N) is 1. The SMILES string of the molecule is COc1ccsc1C(=O)N(C)Cc1cccc(C(N)=S)c1. The molecule has 0 aliphatic carbocycles. The van der Waals surface area contributed by atoms with Crippen LogP contribution >= 0.6 is 23.6 Å². The van der Waals surface area contributed by atoms with Gasteiger partial charge in [-0.05, 0) is 23.1 Å². The third-order valence-corrected chi connectivity index (χ3v) is 4.14. The van der Waals surface area contributed by atoms with Crippen molar-refractivity contribution in [3.05, 3.63) is 51.7 Å². The zero-order valence-electron chi connectivity index (χ0n) is 11.8. The molecule has 0 saturated heterocycles. The summed E-state index contributed by atoms with van der Waals surface area (Å²) in [7, 11) is 3.32. The highest BCUT2D eigenvalue weighted by Gasteiger charge is 2.18. The predicted octanol–water partition coefficient (Wildman–Crippen LogP) is 2.66. The minimum Gasteiger partial charge on any atom is -0.495 e. The van der Waals surface area contributed by atoms with Crippen molar-refractivity contribution in [1.29, 1.82) is 0 Å². The van der Waals surface area contributed by atoms with E-state index in [1.165, 1.54) is 11.3 Å². The van der Waals surface area contributed by atoms with Gasteiger partial charge >= 0.3 is 0 Å². The van der Waals surface area contributed by atoms with Gasteiger partial charge in [-0.1, -0.05) is 30.4 Å². The van der Waals surface area contributed by atoms with Crippen LogP contribution in [0.15, 0.2) is 35.7 Å². The van der Waals surface area contributed by atoms with Crippen LogP contribution in [0.2, 0.25) is 0 Å². The van der Waals surface area contributed by atoms with Crippen LogP contribution in [0, 0.1) is 0 Å². The van der Waals surface area contributed by atoms with Crippen LogP contribution in [0.5, 0.6) is 5.75 Å². The summed E-state index contributed by atoms with van der Waals surface area (Å²) in [6, 6.07) is 9.37. The zero-order chi connectivity index (χ0) is 15.4. The lowest BCUT2D eigenvalue weighted by molar-refractivity contribution is 0.0787. The van der Waals surface area contributed by atoms with Crippen LogP contribution in [0.3, 0.4) is 0 Å². The van der Waals surface area contributed by atoms with E-state index in [1.54, 1.807) is 25.1 Å². The molecule has 0 saturated carbocycles. The Balaban J connectivity index is 2.14. The number of hydrogen-bond donors (Lipinski definition) is 1. The Hall–Kier alpha value is -1.92. The van der Waals surface area contributed by atoms with Crippen LogP contribution in [-0.2, 0) is 6.54 Å². The van der Waals surface area contributed by atoms with Gasteiger partial charge in [0.1, 0.15) is 15.6 Å². The van der Waals surface area contributed by atoms with Crippen molar-refractivity contribution in [2.24, 2.45) is 5.73 Å². The van der Waals surface area contributed by atoms with Crippen molar-refractivity contribution in [2.75, 3.05) is 14.2 Å². The van der Waals surface area contributed by atoms with Gasteiger partial charge in [0.05, 0.1) is 7.11 Å². The fraction of sp³-hybridized carbons (Fsp3) is 0.200. The Morgan fingerprint density at radius 1 is 1.43 bits per heavy atom. The summed E-state index contributed by atoms with van der Waals surface area (Å²) in [6.45, 7) is 0.482. The van der Waals surface area contributed by atoms with Gasteiger partial charge in [0, 0.05) is 19.2 Å². The largest absolute Gasteiger partial charge is 0.495 e. The minimum absolute atomic E-state index is 0.0671. The molecule has 2 rings (SSSR count). The van der Waals surface area contributed by atoms with E-state index in [4.69, 9.17) is 22.7 Å². The monoisotopic (exact) mass is 320 g/mol. The molecule has 1 amide bonds. The highest BCUT2D eigenvalue weighted by atomic mass is 32.1. The molecule has 6 heteroatoms. The summed E-state index contributed by atoms with van der Waals surface area (Å²) >= 11 is 6.34. The summed E-state index contributed by atoms with van der Waals surface area (Å²) in [6.07, 6.45) is 0. The van der Waals surface area contributed by atoms with Crippen LogP contribution in [0.25, 0.3) is 0 Å². The summed E-state index contributed by atoms with van der Waals surface area (Å²) in [4.78, 5) is 15.0. The number of ether oxygens (including phenoxy) is 1. The van der Waals surface area contributed by atoms with E-state index in [1.807, 2.05) is 29.6 Å². The zero-order valence-corrected chi connectivity index (χ0v) is 13.5. The molecular formula is C15H16N2O2S2. The molecule has 4 nitrogen and oxygen atoms in total. The maximum absolute atomic E-state index is 12.4. The lowest BCUT2D eigenvalue weighted by Crippen LogP contribution is -2.26. The molecule has 0 spiro atoms. The van der Waals surface area contributed by atoms with E-state index in [2.05, 4.69) is 0 Å². The second-order valence-electron chi connectivity index (χ2n) is 4.54. The van der Waals surface area contributed by atoms with Gasteiger partial charge in [0.15, 0.2) is 0 Å². The number of thiophene rings is 1. The van der Waals surface area contributed by atoms with Crippen LogP contribution < -0.4 is 10.5 Å². The third kappa shape index (κ3) is 3.59. The molecular weight excluding hydrogens is 304 g/mol. The fourth-order valence-electron chi connectivity index (χ4n) is 1.96. The number of carbonyl (C=O) groups excluding carboxylic acids is 1. The first-order valence-corrected chi connectivity index (χ1v) is 7.57. The topological polar surface area (TPSA) is 55.6 Å². The number of nitrogens with two attached hydrogens (primary N) is 1. The Labute approximate surface area is 133 Å². The van der Waals surface area contributed by atoms with Crippen LogP contribution in [0.4, 0.5) is 0 Å². The first-order chi connectivity index (χ1) is 10.0. The Kier molecular flexibility index (Phi) is 4.93. The number of amides is 1. The first kappa shape index (κ1) is 15.5. The van der Waals surface area contributed by atoms with E-state index in [9.17, 15) is 4.79 Å². The summed E-state index contributed by atoms with van der Waals surface area (Å²) in [5.41, 5.74) is 7.41. The van der Waals surface area contributed by atoms with Crippen molar-refractivity contribution >= 4 is 34.5 Å². The van der Waals surface area contributed by atoms with Crippen LogP contribution in [0.1, 0.15) is 20.8 Å². The Morgan fingerprint density at radius 3 is 2.86 bits per heavy atom. The van der Waals surface area contributed by atoms with E-state index in [0.717, 1.165) is 11.1 Å². The van der Waals surface area contributed by atoms with E-state index >= 15 is 0 Å². The second kappa shape index (κ2) is 6.69. The second-order valence-corrected chi connectivity index (χ2v) is 5.90. The van der Waals surface area contributed by atoms with Crippen LogP contribution in [-0.4, -0.2) is 30.0 Å². The molecule has 2 aromatic rings. The minimum atomic E-state index is -0.0671. The number of hydrogen-bond acceptors (Lipinski definition) is 4. The Bertz CT molecular complexity index is 667. The van der Waals surface area contributed by atoms with Crippen molar-refractivity contribution < 1.29 is 9.53 Å². The van der Waals surface area contributed by atoms with Crippen molar-refractivity contribution in [1.82, 2.24) is 4.90 Å². The van der Waals surface area contributed by atoms with Gasteiger partial charge in [-0.2, -0.15) is 0 Å². The average Bonchev–Trinajstić information content (AvgIpc) is 2.95. The first-order valence-electron chi connectivity index (χ1n) is 6.28. The highest BCUT2D eigenvalue weighted by molar-refractivity contribution is 7.80. The Morgan fingerprint density at radius 2 is 2.19 bits per heavy atom. The molecule has 0 radical (unpaired) electrons. The molecule has 0 aliphatic heterocycles. The van der Waals surface area contributed by atoms with Crippen molar-refractivity contribution in [2.45, 2.75) is 6.54 Å². The lowest BCUT2D eigenvalue weighted by Gasteiger charge is -2.17. The molecule has 110 valence electrons. The maximum atomic E-state index is 12.4. The molecule has 0 bridgehead atoms. The number of rotatable bonds is 5. The van der Waals surface area contributed by atoms with Gasteiger partial charge in [0.25, 0.3) is 5.91 Å². The molecule has 1 aromatic heterocycles. The summed E-state index contributed by atoms with van der Waals surface area (Å²) < 4.78 is 5.19. The van der Waals surface area contributed by atoms with Gasteiger partial charge in [-0.15, -0.1) is 11.3 Å². The molecule has 21 heavy (non-hydrogen) atoms. The standard InChI is InChI=1S/C15H16N2O2S2/c1-17(15(18)13-12(19-2)6-7-21-13)9-10-4-3-5-11(8-10)14(16)20/h3-8H,9H2,1-2H3,(H2,16,20). The predicted molar refractivity (Wildman–Crippen MR) is 89.0 cm³/mol. The quantitative estimate of drug-likeness (QED) is 0.861. The van der Waals surface area contributed by atoms with E-state index in [-0.39, 0.29) is 5.91 Å². The smallest absolute Gasteiger partial charge is 0.267 e. The number of benzene rings is 1. The molecule has 0 aliphatic rings. The number of carbonyl (C=O) groups is 1. The number of thiocarbonyl (C=S) groups is 1. The molecule has 0 unspecified atom stereocenters. The molecule has 0 atom stereocenters. The fourth-order valence-corrected chi connectivity index (χ4v) is 2.93. The molecule has 1 aromatic carbocycles. The summed E-state index contributed by atoms with van der Waals surface area (Å²) in [5, 5.41) is 1.84. The van der Waals surface area contributed by atoms with E-state index in [0.29, 0.717) is 22.2 Å². The lowest BCUT2D eigenvalue weighted by atomic mass is 10.1. The average molecular weight is 320 g/mol. The van der Waals surface area contributed by atoms with Crippen molar-refractivity contribution in [3.8, 4) is 5.75 Å². The normalized spacial score (nSPS) is 10.2. The maximum Gasteiger partial charge on any atom is 0.267 e. The van der Waals surface area contributed by atoms with E-state index < -0.39 is 0 Å². The molecule has 1 heterocycles. The third-order valence-electron chi connectivity index (χ3n) is 3.02. The van der Waals surface area contributed by atoms with Gasteiger partial charge in [0.2, 0.25) is 0 Å².